The fraction of sp³-hybridized carbons (Fsp3) is 0.333. The highest BCUT2D eigenvalue weighted by molar-refractivity contribution is 9.10. The van der Waals surface area contributed by atoms with Gasteiger partial charge in [-0.2, -0.15) is 0 Å². The Morgan fingerprint density at radius 3 is 2.30 bits per heavy atom. The standard InChI is InChI=1S/C21H25BrN2O3/c1-3-5-12-23-20(25)15-6-9-17(10-7-15)24-21(26)16-8-11-19(18(22)14-16)27-13-4-2/h6-11,14H,3-5,12-13H2,1-2H3,(H,23,25)(H,24,26). The van der Waals surface area contributed by atoms with Crippen LogP contribution in [-0.2, 0) is 0 Å². The van der Waals surface area contributed by atoms with Crippen molar-refractivity contribution in [3.63, 3.8) is 0 Å². The summed E-state index contributed by atoms with van der Waals surface area (Å²) in [7, 11) is 0. The maximum absolute atomic E-state index is 12.4. The van der Waals surface area contributed by atoms with Gasteiger partial charge in [0.25, 0.3) is 11.8 Å². The van der Waals surface area contributed by atoms with E-state index in [-0.39, 0.29) is 11.8 Å². The van der Waals surface area contributed by atoms with Crippen LogP contribution in [0.5, 0.6) is 5.75 Å². The number of hydrogen-bond acceptors (Lipinski definition) is 3. The number of rotatable bonds is 9. The van der Waals surface area contributed by atoms with Gasteiger partial charge in [-0.25, -0.2) is 0 Å². The van der Waals surface area contributed by atoms with Gasteiger partial charge in [0.05, 0.1) is 11.1 Å². The second-order valence-electron chi connectivity index (χ2n) is 6.13. The predicted octanol–water partition coefficient (Wildman–Crippen LogP) is 5.02. The van der Waals surface area contributed by atoms with Gasteiger partial charge in [0.15, 0.2) is 0 Å². The third-order valence-electron chi connectivity index (χ3n) is 3.88. The second-order valence-corrected chi connectivity index (χ2v) is 6.99. The Hall–Kier alpha value is -2.34. The molecule has 0 saturated carbocycles. The summed E-state index contributed by atoms with van der Waals surface area (Å²) >= 11 is 3.43. The minimum Gasteiger partial charge on any atom is -0.492 e. The van der Waals surface area contributed by atoms with E-state index in [1.54, 1.807) is 42.5 Å². The first-order valence-corrected chi connectivity index (χ1v) is 9.96. The number of hydrogen-bond donors (Lipinski definition) is 2. The molecule has 2 amide bonds. The van der Waals surface area contributed by atoms with Crippen LogP contribution in [0, 0.1) is 0 Å². The van der Waals surface area contributed by atoms with E-state index in [0.29, 0.717) is 35.7 Å². The minimum absolute atomic E-state index is 0.104. The van der Waals surface area contributed by atoms with Crippen molar-refractivity contribution in [1.82, 2.24) is 5.32 Å². The normalized spacial score (nSPS) is 10.3. The molecule has 0 aliphatic carbocycles. The largest absolute Gasteiger partial charge is 0.492 e. The number of unbranched alkanes of at least 4 members (excludes halogenated alkanes) is 1. The summed E-state index contributed by atoms with van der Waals surface area (Å²) < 4.78 is 6.33. The molecule has 0 bridgehead atoms. The van der Waals surface area contributed by atoms with Crippen LogP contribution in [-0.4, -0.2) is 25.0 Å². The molecule has 0 atom stereocenters. The monoisotopic (exact) mass is 432 g/mol. The topological polar surface area (TPSA) is 67.4 Å². The average molecular weight is 433 g/mol. The molecule has 27 heavy (non-hydrogen) atoms. The van der Waals surface area contributed by atoms with Crippen LogP contribution >= 0.6 is 15.9 Å². The molecule has 5 nitrogen and oxygen atoms in total. The van der Waals surface area contributed by atoms with Gasteiger partial charge in [-0.15, -0.1) is 0 Å². The molecule has 0 spiro atoms. The number of carbonyl (C=O) groups is 2. The Morgan fingerprint density at radius 2 is 1.67 bits per heavy atom. The Kier molecular flexibility index (Phi) is 8.33. The number of nitrogens with one attached hydrogen (secondary N) is 2. The van der Waals surface area contributed by atoms with Gasteiger partial charge in [-0.3, -0.25) is 9.59 Å². The van der Waals surface area contributed by atoms with E-state index in [1.165, 1.54) is 0 Å². The fourth-order valence-corrected chi connectivity index (χ4v) is 2.85. The minimum atomic E-state index is -0.224. The first-order valence-electron chi connectivity index (χ1n) is 9.17. The van der Waals surface area contributed by atoms with Gasteiger partial charge in [-0.05, 0) is 71.2 Å². The van der Waals surface area contributed by atoms with E-state index < -0.39 is 0 Å². The van der Waals surface area contributed by atoms with Gasteiger partial charge >= 0.3 is 0 Å². The molecule has 0 aliphatic rings. The molecule has 2 rings (SSSR count). The van der Waals surface area contributed by atoms with E-state index in [1.807, 2.05) is 6.92 Å². The number of anilines is 1. The summed E-state index contributed by atoms with van der Waals surface area (Å²) in [6, 6.07) is 12.1. The van der Waals surface area contributed by atoms with Crippen LogP contribution in [0.1, 0.15) is 53.8 Å². The lowest BCUT2D eigenvalue weighted by Gasteiger charge is -2.10. The Balaban J connectivity index is 1.97. The maximum Gasteiger partial charge on any atom is 0.255 e. The maximum atomic E-state index is 12.4. The number of ether oxygens (including phenoxy) is 1. The van der Waals surface area contributed by atoms with Gasteiger partial charge < -0.3 is 15.4 Å². The molecule has 0 unspecified atom stereocenters. The van der Waals surface area contributed by atoms with E-state index in [4.69, 9.17) is 4.74 Å². The van der Waals surface area contributed by atoms with Gasteiger partial charge in [0.2, 0.25) is 0 Å². The smallest absolute Gasteiger partial charge is 0.255 e. The van der Waals surface area contributed by atoms with Crippen molar-refractivity contribution < 1.29 is 14.3 Å². The van der Waals surface area contributed by atoms with Crippen molar-refractivity contribution in [2.24, 2.45) is 0 Å². The number of benzene rings is 2. The molecule has 0 heterocycles. The van der Waals surface area contributed by atoms with Crippen LogP contribution in [0.15, 0.2) is 46.9 Å². The van der Waals surface area contributed by atoms with E-state index in [2.05, 4.69) is 33.5 Å². The molecule has 2 aromatic rings. The molecule has 2 N–H and O–H groups in total. The van der Waals surface area contributed by atoms with Crippen LogP contribution in [0.4, 0.5) is 5.69 Å². The zero-order valence-corrected chi connectivity index (χ0v) is 17.3. The molecule has 0 fully saturated rings. The van der Waals surface area contributed by atoms with Gasteiger partial charge in [0.1, 0.15) is 5.75 Å². The Labute approximate surface area is 168 Å². The van der Waals surface area contributed by atoms with Crippen molar-refractivity contribution in [3.05, 3.63) is 58.1 Å². The summed E-state index contributed by atoms with van der Waals surface area (Å²) in [6.45, 7) is 5.41. The predicted molar refractivity (Wildman–Crippen MR) is 112 cm³/mol. The lowest BCUT2D eigenvalue weighted by atomic mass is 10.1. The van der Waals surface area contributed by atoms with Crippen LogP contribution in [0.3, 0.4) is 0 Å². The van der Waals surface area contributed by atoms with Crippen LogP contribution < -0.4 is 15.4 Å². The first kappa shape index (κ1) is 21.0. The third kappa shape index (κ3) is 6.40. The number of amides is 2. The molecule has 0 radical (unpaired) electrons. The second kappa shape index (κ2) is 10.7. The third-order valence-corrected chi connectivity index (χ3v) is 4.50. The zero-order valence-electron chi connectivity index (χ0n) is 15.7. The molecule has 6 heteroatoms. The molecular weight excluding hydrogens is 408 g/mol. The van der Waals surface area contributed by atoms with Crippen molar-refractivity contribution in [2.45, 2.75) is 33.1 Å². The highest BCUT2D eigenvalue weighted by atomic mass is 79.9. The number of halogens is 1. The summed E-state index contributed by atoms with van der Waals surface area (Å²) in [5, 5.41) is 5.70. The average Bonchev–Trinajstić information content (AvgIpc) is 2.67. The van der Waals surface area contributed by atoms with Crippen LogP contribution in [0.25, 0.3) is 0 Å². The van der Waals surface area contributed by atoms with E-state index in [0.717, 1.165) is 23.7 Å². The molecule has 0 saturated heterocycles. The van der Waals surface area contributed by atoms with Crippen molar-refractivity contribution in [2.75, 3.05) is 18.5 Å². The Bertz CT molecular complexity index is 775. The molecule has 0 aliphatic heterocycles. The molecule has 0 aromatic heterocycles. The summed E-state index contributed by atoms with van der Waals surface area (Å²) in [4.78, 5) is 24.4. The highest BCUT2D eigenvalue weighted by Crippen LogP contribution is 2.26. The lowest BCUT2D eigenvalue weighted by Crippen LogP contribution is -2.24. The number of carbonyl (C=O) groups excluding carboxylic acids is 2. The molecule has 2 aromatic carbocycles. The molecular formula is C21H25BrN2O3. The van der Waals surface area contributed by atoms with Gasteiger partial charge in [0, 0.05) is 23.4 Å². The molecule has 144 valence electrons. The van der Waals surface area contributed by atoms with Crippen molar-refractivity contribution in [3.8, 4) is 5.75 Å². The van der Waals surface area contributed by atoms with E-state index in [9.17, 15) is 9.59 Å². The fourth-order valence-electron chi connectivity index (χ4n) is 2.36. The van der Waals surface area contributed by atoms with Crippen molar-refractivity contribution in [1.29, 1.82) is 0 Å². The van der Waals surface area contributed by atoms with Gasteiger partial charge in [-0.1, -0.05) is 20.3 Å². The summed E-state index contributed by atoms with van der Waals surface area (Å²) in [5.41, 5.74) is 1.73. The summed E-state index contributed by atoms with van der Waals surface area (Å²) in [6.07, 6.45) is 2.91. The quantitative estimate of drug-likeness (QED) is 0.546. The zero-order chi connectivity index (χ0) is 19.6. The first-order chi connectivity index (χ1) is 13.0. The lowest BCUT2D eigenvalue weighted by molar-refractivity contribution is 0.0952. The Morgan fingerprint density at radius 1 is 0.963 bits per heavy atom. The van der Waals surface area contributed by atoms with Crippen LogP contribution in [0.2, 0.25) is 0 Å². The van der Waals surface area contributed by atoms with Crippen molar-refractivity contribution >= 4 is 33.4 Å². The highest BCUT2D eigenvalue weighted by Gasteiger charge is 2.10. The van der Waals surface area contributed by atoms with E-state index >= 15 is 0 Å². The SMILES string of the molecule is CCCCNC(=O)c1ccc(NC(=O)c2ccc(OCCC)c(Br)c2)cc1. The summed E-state index contributed by atoms with van der Waals surface area (Å²) in [5.74, 6) is 0.387.